The van der Waals surface area contributed by atoms with Crippen LogP contribution in [-0.2, 0) is 13.1 Å². The summed E-state index contributed by atoms with van der Waals surface area (Å²) in [6.07, 6.45) is 2.60. The minimum atomic E-state index is -0.360. The lowest BCUT2D eigenvalue weighted by Gasteiger charge is -2.26. The van der Waals surface area contributed by atoms with Gasteiger partial charge in [0.25, 0.3) is 11.5 Å². The minimum absolute atomic E-state index is 0.0245. The Labute approximate surface area is 165 Å². The third-order valence-electron chi connectivity index (χ3n) is 5.34. The van der Waals surface area contributed by atoms with E-state index in [0.29, 0.717) is 19.4 Å². The van der Waals surface area contributed by atoms with Crippen molar-refractivity contribution in [2.45, 2.75) is 57.8 Å². The van der Waals surface area contributed by atoms with Crippen LogP contribution in [-0.4, -0.2) is 39.6 Å². The Morgan fingerprint density at radius 3 is 2.46 bits per heavy atom. The summed E-state index contributed by atoms with van der Waals surface area (Å²) in [5, 5.41) is 12.5. The van der Waals surface area contributed by atoms with Crippen LogP contribution in [0.5, 0.6) is 0 Å². The van der Waals surface area contributed by atoms with E-state index in [-0.39, 0.29) is 29.2 Å². The van der Waals surface area contributed by atoms with Gasteiger partial charge in [0.1, 0.15) is 5.56 Å². The molecule has 0 aliphatic heterocycles. The summed E-state index contributed by atoms with van der Waals surface area (Å²) in [5.41, 5.74) is 1.79. The molecule has 1 saturated carbocycles. The molecule has 6 heteroatoms. The van der Waals surface area contributed by atoms with Crippen LogP contribution < -0.4 is 10.9 Å². The molecule has 1 aromatic carbocycles. The molecule has 3 rings (SSSR count). The van der Waals surface area contributed by atoms with Gasteiger partial charge in [0.05, 0.1) is 6.10 Å². The number of carbonyl (C=O) groups is 1. The number of rotatable bonds is 7. The molecule has 0 unspecified atom stereocenters. The van der Waals surface area contributed by atoms with Crippen molar-refractivity contribution < 1.29 is 9.90 Å². The number of hydrogen-bond donors (Lipinski definition) is 3. The minimum Gasteiger partial charge on any atom is -0.393 e. The molecular weight excluding hydrogens is 354 g/mol. The van der Waals surface area contributed by atoms with Gasteiger partial charge in [-0.15, -0.1) is 0 Å². The summed E-state index contributed by atoms with van der Waals surface area (Å²) in [7, 11) is 0. The fourth-order valence-corrected chi connectivity index (χ4v) is 3.63. The first-order valence-electron chi connectivity index (χ1n) is 10.0. The summed E-state index contributed by atoms with van der Waals surface area (Å²) in [4.78, 5) is 30.0. The van der Waals surface area contributed by atoms with Crippen LogP contribution in [0.3, 0.4) is 0 Å². The molecule has 1 amide bonds. The average molecular weight is 383 g/mol. The molecule has 2 aromatic rings. The maximum absolute atomic E-state index is 12.4. The Hall–Kier alpha value is -2.44. The Balaban J connectivity index is 1.61. The van der Waals surface area contributed by atoms with Gasteiger partial charge in [-0.05, 0) is 49.9 Å². The number of aliphatic hydroxyl groups excluding tert-OH is 1. The highest BCUT2D eigenvalue weighted by atomic mass is 16.3. The maximum atomic E-state index is 12.4. The van der Waals surface area contributed by atoms with Crippen LogP contribution in [0, 0.1) is 0 Å². The van der Waals surface area contributed by atoms with Crippen molar-refractivity contribution >= 4 is 5.91 Å². The zero-order valence-electron chi connectivity index (χ0n) is 16.4. The molecule has 0 radical (unpaired) electrons. The van der Waals surface area contributed by atoms with Gasteiger partial charge >= 0.3 is 0 Å². The second-order valence-electron chi connectivity index (χ2n) is 7.49. The number of H-pyrrole nitrogens is 1. The van der Waals surface area contributed by atoms with Crippen molar-refractivity contribution in [2.75, 3.05) is 6.54 Å². The lowest BCUT2D eigenvalue weighted by molar-refractivity contribution is 0.0866. The number of aliphatic hydroxyl groups is 1. The van der Waals surface area contributed by atoms with Crippen molar-refractivity contribution in [3.63, 3.8) is 0 Å². The summed E-state index contributed by atoms with van der Waals surface area (Å²) in [6, 6.07) is 13.7. The lowest BCUT2D eigenvalue weighted by Crippen LogP contribution is -2.40. The van der Waals surface area contributed by atoms with Crippen molar-refractivity contribution in [1.82, 2.24) is 15.2 Å². The van der Waals surface area contributed by atoms with Gasteiger partial charge in [-0.3, -0.25) is 14.5 Å². The molecule has 3 N–H and O–H groups in total. The number of amides is 1. The summed E-state index contributed by atoms with van der Waals surface area (Å²) in [5.74, 6) is -0.342. The second-order valence-corrected chi connectivity index (χ2v) is 7.49. The number of carbonyl (C=O) groups excluding carboxylic acids is 1. The van der Waals surface area contributed by atoms with E-state index >= 15 is 0 Å². The Morgan fingerprint density at radius 1 is 1.11 bits per heavy atom. The summed E-state index contributed by atoms with van der Waals surface area (Å²) >= 11 is 0. The van der Waals surface area contributed by atoms with Gasteiger partial charge in [-0.2, -0.15) is 0 Å². The second kappa shape index (κ2) is 9.66. The van der Waals surface area contributed by atoms with Gasteiger partial charge in [0.15, 0.2) is 0 Å². The van der Waals surface area contributed by atoms with Crippen LogP contribution in [0.25, 0.3) is 0 Å². The zero-order valence-corrected chi connectivity index (χ0v) is 16.4. The molecule has 1 heterocycles. The quantitative estimate of drug-likeness (QED) is 0.685. The van der Waals surface area contributed by atoms with E-state index in [2.05, 4.69) is 34.3 Å². The number of hydrogen-bond acceptors (Lipinski definition) is 4. The molecule has 6 nitrogen and oxygen atoms in total. The number of pyridine rings is 1. The van der Waals surface area contributed by atoms with Gasteiger partial charge < -0.3 is 15.4 Å². The molecule has 0 bridgehead atoms. The molecule has 1 aromatic heterocycles. The van der Waals surface area contributed by atoms with E-state index in [1.807, 2.05) is 24.3 Å². The van der Waals surface area contributed by atoms with Gasteiger partial charge in [-0.1, -0.05) is 37.3 Å². The van der Waals surface area contributed by atoms with Crippen LogP contribution in [0.1, 0.15) is 54.2 Å². The SMILES string of the molecule is CCN(Cc1ccccc1)Cc1ccc(C(=O)NC2CCC(O)CC2)c(=O)[nH]1. The van der Waals surface area contributed by atoms with Gasteiger partial charge in [-0.25, -0.2) is 0 Å². The third kappa shape index (κ3) is 5.53. The summed E-state index contributed by atoms with van der Waals surface area (Å²) in [6.45, 7) is 4.36. The Bertz CT molecular complexity index is 826. The fraction of sp³-hybridized carbons (Fsp3) is 0.455. The van der Waals surface area contributed by atoms with Crippen LogP contribution in [0.15, 0.2) is 47.3 Å². The van der Waals surface area contributed by atoms with E-state index in [0.717, 1.165) is 31.6 Å². The topological polar surface area (TPSA) is 85.4 Å². The standard InChI is InChI=1S/C22H29N3O3/c1-2-25(14-16-6-4-3-5-7-16)15-18-10-13-20(22(28)24-18)21(27)23-17-8-11-19(26)12-9-17/h3-7,10,13,17,19,26H,2,8-9,11-12,14-15H2,1H3,(H,23,27)(H,24,28). The lowest BCUT2D eigenvalue weighted by atomic mass is 9.93. The van der Waals surface area contributed by atoms with Crippen molar-refractivity contribution in [3.8, 4) is 0 Å². The smallest absolute Gasteiger partial charge is 0.261 e. The molecule has 1 aliphatic rings. The number of nitrogens with one attached hydrogen (secondary N) is 2. The van der Waals surface area contributed by atoms with Crippen molar-refractivity contribution in [1.29, 1.82) is 0 Å². The van der Waals surface area contributed by atoms with Gasteiger partial charge in [0.2, 0.25) is 0 Å². The zero-order chi connectivity index (χ0) is 19.9. The molecule has 0 spiro atoms. The van der Waals surface area contributed by atoms with Crippen molar-refractivity contribution in [2.24, 2.45) is 0 Å². The van der Waals surface area contributed by atoms with Gasteiger partial charge in [0, 0.05) is 24.8 Å². The average Bonchev–Trinajstić information content (AvgIpc) is 2.70. The van der Waals surface area contributed by atoms with Crippen LogP contribution >= 0.6 is 0 Å². The molecule has 0 saturated heterocycles. The Kier molecular flexibility index (Phi) is 7.01. The highest BCUT2D eigenvalue weighted by molar-refractivity contribution is 5.94. The van der Waals surface area contributed by atoms with Crippen molar-refractivity contribution in [3.05, 3.63) is 69.6 Å². The van der Waals surface area contributed by atoms with E-state index in [1.165, 1.54) is 5.56 Å². The number of benzene rings is 1. The Morgan fingerprint density at radius 2 is 1.82 bits per heavy atom. The predicted octanol–water partition coefficient (Wildman–Crippen LogP) is 2.43. The first-order valence-corrected chi connectivity index (χ1v) is 10.0. The van der Waals surface area contributed by atoms with E-state index in [9.17, 15) is 14.7 Å². The van der Waals surface area contributed by atoms with E-state index in [4.69, 9.17) is 0 Å². The predicted molar refractivity (Wildman–Crippen MR) is 109 cm³/mol. The molecule has 28 heavy (non-hydrogen) atoms. The molecular formula is C22H29N3O3. The third-order valence-corrected chi connectivity index (χ3v) is 5.34. The summed E-state index contributed by atoms with van der Waals surface area (Å²) < 4.78 is 0. The normalized spacial score (nSPS) is 19.5. The molecule has 0 atom stereocenters. The fourth-order valence-electron chi connectivity index (χ4n) is 3.63. The van der Waals surface area contributed by atoms with Crippen LogP contribution in [0.4, 0.5) is 0 Å². The van der Waals surface area contributed by atoms with E-state index < -0.39 is 0 Å². The maximum Gasteiger partial charge on any atom is 0.261 e. The molecule has 1 fully saturated rings. The first kappa shape index (κ1) is 20.3. The molecule has 1 aliphatic carbocycles. The largest absolute Gasteiger partial charge is 0.393 e. The first-order chi connectivity index (χ1) is 13.5. The van der Waals surface area contributed by atoms with E-state index in [1.54, 1.807) is 6.07 Å². The highest BCUT2D eigenvalue weighted by Gasteiger charge is 2.22. The number of aromatic nitrogens is 1. The number of nitrogens with zero attached hydrogens (tertiary/aromatic N) is 1. The monoisotopic (exact) mass is 383 g/mol. The molecule has 150 valence electrons. The van der Waals surface area contributed by atoms with Crippen LogP contribution in [0.2, 0.25) is 0 Å². The highest BCUT2D eigenvalue weighted by Crippen LogP contribution is 2.18. The number of aromatic amines is 1.